The highest BCUT2D eigenvalue weighted by molar-refractivity contribution is 7.92. The Morgan fingerprint density at radius 1 is 1.22 bits per heavy atom. The second kappa shape index (κ2) is 6.71. The van der Waals surface area contributed by atoms with Crippen LogP contribution in [0.1, 0.15) is 39.5 Å². The van der Waals surface area contributed by atoms with Gasteiger partial charge in [0.15, 0.2) is 9.84 Å². The van der Waals surface area contributed by atoms with Crippen molar-refractivity contribution in [2.45, 2.75) is 44.8 Å². The molecule has 1 aliphatic carbocycles. The van der Waals surface area contributed by atoms with Crippen LogP contribution >= 0.6 is 0 Å². The minimum atomic E-state index is -3.04. The van der Waals surface area contributed by atoms with Crippen molar-refractivity contribution in [3.05, 3.63) is 0 Å². The zero-order chi connectivity index (χ0) is 16.6. The van der Waals surface area contributed by atoms with Crippen LogP contribution in [-0.4, -0.2) is 56.4 Å². The van der Waals surface area contributed by atoms with E-state index in [4.69, 9.17) is 0 Å². The minimum absolute atomic E-state index is 0.0138. The largest absolute Gasteiger partial charge is 0.356 e. The number of rotatable bonds is 6. The maximum Gasteiger partial charge on any atom is 0.223 e. The van der Waals surface area contributed by atoms with Gasteiger partial charge in [0.2, 0.25) is 5.91 Å². The minimum Gasteiger partial charge on any atom is -0.356 e. The molecule has 0 unspecified atom stereocenters. The highest BCUT2D eigenvalue weighted by atomic mass is 32.2. The van der Waals surface area contributed by atoms with E-state index in [1.807, 2.05) is 0 Å². The van der Waals surface area contributed by atoms with Crippen molar-refractivity contribution in [2.75, 3.05) is 31.9 Å². The fourth-order valence-corrected chi connectivity index (χ4v) is 6.08. The van der Waals surface area contributed by atoms with Crippen LogP contribution in [0, 0.1) is 23.7 Å². The Balaban J connectivity index is 1.64. The molecule has 0 radical (unpaired) electrons. The lowest BCUT2D eigenvalue weighted by molar-refractivity contribution is -0.126. The monoisotopic (exact) mass is 342 g/mol. The smallest absolute Gasteiger partial charge is 0.223 e. The van der Waals surface area contributed by atoms with Crippen molar-refractivity contribution in [2.24, 2.45) is 23.7 Å². The molecule has 0 bridgehead atoms. The maximum atomic E-state index is 12.5. The molecular formula is C17H30N2O3S. The number of hydrogen-bond acceptors (Lipinski definition) is 4. The zero-order valence-corrected chi connectivity index (χ0v) is 15.1. The Morgan fingerprint density at radius 3 is 2.61 bits per heavy atom. The fraction of sp³-hybridized carbons (Fsp3) is 0.941. The van der Waals surface area contributed by atoms with E-state index in [1.54, 1.807) is 0 Å². The van der Waals surface area contributed by atoms with Crippen molar-refractivity contribution < 1.29 is 13.2 Å². The SMILES string of the molecule is CC(C)CCN1C[C@@H]2[C@@H](C(=O)NCC3CC3)CCS(=O)(=O)[C@@H]2C1. The third-order valence-corrected chi connectivity index (χ3v) is 7.92. The van der Waals surface area contributed by atoms with E-state index in [-0.39, 0.29) is 28.7 Å². The van der Waals surface area contributed by atoms with Crippen molar-refractivity contribution in [1.29, 1.82) is 0 Å². The average molecular weight is 343 g/mol. The fourth-order valence-electron chi connectivity index (χ4n) is 3.95. The number of carbonyl (C=O) groups excluding carboxylic acids is 1. The zero-order valence-electron chi connectivity index (χ0n) is 14.3. The summed E-state index contributed by atoms with van der Waals surface area (Å²) in [5.41, 5.74) is 0. The van der Waals surface area contributed by atoms with Crippen molar-refractivity contribution in [1.82, 2.24) is 10.2 Å². The van der Waals surface area contributed by atoms with Gasteiger partial charge in [0, 0.05) is 31.5 Å². The number of carbonyl (C=O) groups is 1. The Labute approximate surface area is 140 Å². The number of nitrogens with zero attached hydrogens (tertiary/aromatic N) is 1. The molecule has 1 N–H and O–H groups in total. The topological polar surface area (TPSA) is 66.5 Å². The third kappa shape index (κ3) is 4.08. The molecule has 1 amide bonds. The summed E-state index contributed by atoms with van der Waals surface area (Å²) in [6.45, 7) is 7.47. The molecule has 0 aromatic heterocycles. The predicted molar refractivity (Wildman–Crippen MR) is 90.8 cm³/mol. The molecule has 2 heterocycles. The van der Waals surface area contributed by atoms with Crippen LogP contribution in [0.2, 0.25) is 0 Å². The number of fused-ring (bicyclic) bond motifs is 1. The lowest BCUT2D eigenvalue weighted by Crippen LogP contribution is -2.47. The van der Waals surface area contributed by atoms with Crippen LogP contribution in [0.3, 0.4) is 0 Å². The van der Waals surface area contributed by atoms with Crippen molar-refractivity contribution in [3.63, 3.8) is 0 Å². The standard InChI is InChI=1S/C17H30N2O3S/c1-12(2)5-7-19-10-15-14(17(20)18-9-13-3-4-13)6-8-23(21,22)16(15)11-19/h12-16H,3-11H2,1-2H3,(H,18,20)/t14-,15+,16+/m0/s1. The molecule has 23 heavy (non-hydrogen) atoms. The molecule has 2 saturated heterocycles. The van der Waals surface area contributed by atoms with E-state index in [0.29, 0.717) is 24.8 Å². The summed E-state index contributed by atoms with van der Waals surface area (Å²) in [5.74, 6) is 1.41. The molecule has 0 spiro atoms. The number of nitrogens with one attached hydrogen (secondary N) is 1. The van der Waals surface area contributed by atoms with Gasteiger partial charge in [-0.1, -0.05) is 13.8 Å². The van der Waals surface area contributed by atoms with Crippen LogP contribution in [-0.2, 0) is 14.6 Å². The Kier molecular flexibility index (Phi) is 5.02. The molecule has 6 heteroatoms. The molecular weight excluding hydrogens is 312 g/mol. The van der Waals surface area contributed by atoms with Crippen LogP contribution in [0.4, 0.5) is 0 Å². The number of hydrogen-bond donors (Lipinski definition) is 1. The average Bonchev–Trinajstić information content (AvgIpc) is 3.20. The molecule has 0 aromatic carbocycles. The molecule has 3 fully saturated rings. The lowest BCUT2D eigenvalue weighted by Gasteiger charge is -2.31. The second-order valence-electron chi connectivity index (χ2n) is 8.10. The van der Waals surface area contributed by atoms with Crippen molar-refractivity contribution >= 4 is 15.7 Å². The van der Waals surface area contributed by atoms with E-state index in [0.717, 1.165) is 26.1 Å². The number of sulfone groups is 1. The van der Waals surface area contributed by atoms with E-state index in [1.165, 1.54) is 12.8 Å². The van der Waals surface area contributed by atoms with Crippen LogP contribution < -0.4 is 5.32 Å². The van der Waals surface area contributed by atoms with Gasteiger partial charge in [-0.25, -0.2) is 8.42 Å². The molecule has 3 atom stereocenters. The van der Waals surface area contributed by atoms with Gasteiger partial charge in [0.05, 0.1) is 11.0 Å². The quantitative estimate of drug-likeness (QED) is 0.790. The number of likely N-dealkylation sites (tertiary alicyclic amines) is 1. The second-order valence-corrected chi connectivity index (χ2v) is 10.4. The van der Waals surface area contributed by atoms with Crippen molar-refractivity contribution in [3.8, 4) is 0 Å². The first-order valence-corrected chi connectivity index (χ1v) is 10.8. The van der Waals surface area contributed by atoms with Gasteiger partial charge in [-0.2, -0.15) is 0 Å². The van der Waals surface area contributed by atoms with E-state index < -0.39 is 9.84 Å². The molecule has 2 aliphatic heterocycles. The van der Waals surface area contributed by atoms with Gasteiger partial charge in [-0.05, 0) is 44.1 Å². The molecule has 3 rings (SSSR count). The summed E-state index contributed by atoms with van der Waals surface area (Å²) in [6, 6.07) is 0. The summed E-state index contributed by atoms with van der Waals surface area (Å²) in [4.78, 5) is 14.8. The molecule has 1 saturated carbocycles. The Hall–Kier alpha value is -0.620. The summed E-state index contributed by atoms with van der Waals surface area (Å²) in [5, 5.41) is 2.73. The third-order valence-electron chi connectivity index (χ3n) is 5.70. The number of amides is 1. The lowest BCUT2D eigenvalue weighted by atomic mass is 9.87. The van der Waals surface area contributed by atoms with Gasteiger partial charge in [-0.15, -0.1) is 0 Å². The van der Waals surface area contributed by atoms with Crippen LogP contribution in [0.25, 0.3) is 0 Å². The van der Waals surface area contributed by atoms with Gasteiger partial charge < -0.3 is 10.2 Å². The van der Waals surface area contributed by atoms with Gasteiger partial charge in [0.25, 0.3) is 0 Å². The first-order valence-electron chi connectivity index (χ1n) is 9.08. The van der Waals surface area contributed by atoms with E-state index in [9.17, 15) is 13.2 Å². The molecule has 132 valence electrons. The Bertz CT molecular complexity index is 542. The molecule has 0 aromatic rings. The summed E-state index contributed by atoms with van der Waals surface area (Å²) < 4.78 is 24.9. The Morgan fingerprint density at radius 2 is 1.96 bits per heavy atom. The summed E-state index contributed by atoms with van der Waals surface area (Å²) >= 11 is 0. The molecule has 5 nitrogen and oxygen atoms in total. The maximum absolute atomic E-state index is 12.5. The van der Waals surface area contributed by atoms with Gasteiger partial charge in [0.1, 0.15) is 0 Å². The summed E-state index contributed by atoms with van der Waals surface area (Å²) in [7, 11) is -3.04. The first-order chi connectivity index (χ1) is 10.9. The summed E-state index contributed by atoms with van der Waals surface area (Å²) in [6.07, 6.45) is 4.01. The van der Waals surface area contributed by atoms with Crippen LogP contribution in [0.5, 0.6) is 0 Å². The van der Waals surface area contributed by atoms with Crippen LogP contribution in [0.15, 0.2) is 0 Å². The van der Waals surface area contributed by atoms with E-state index >= 15 is 0 Å². The molecule has 3 aliphatic rings. The highest BCUT2D eigenvalue weighted by Crippen LogP contribution is 2.37. The van der Waals surface area contributed by atoms with Gasteiger partial charge >= 0.3 is 0 Å². The predicted octanol–water partition coefficient (Wildman–Crippen LogP) is 1.29. The van der Waals surface area contributed by atoms with Gasteiger partial charge in [-0.3, -0.25) is 4.79 Å². The highest BCUT2D eigenvalue weighted by Gasteiger charge is 2.50. The first kappa shape index (κ1) is 17.2. The van der Waals surface area contributed by atoms with E-state index in [2.05, 4.69) is 24.1 Å². The normalized spacial score (nSPS) is 33.6.